The van der Waals surface area contributed by atoms with Crippen molar-refractivity contribution in [2.45, 2.75) is 0 Å². The van der Waals surface area contributed by atoms with Gasteiger partial charge in [0.2, 0.25) is 0 Å². The first-order chi connectivity index (χ1) is 9.97. The van der Waals surface area contributed by atoms with E-state index >= 15 is 0 Å². The normalized spacial score (nSPS) is 10.7. The molecule has 0 aliphatic carbocycles. The summed E-state index contributed by atoms with van der Waals surface area (Å²) in [4.78, 5) is 10.3. The topological polar surface area (TPSA) is 107 Å². The number of hydrogen-bond donors (Lipinski definition) is 2. The van der Waals surface area contributed by atoms with Gasteiger partial charge >= 0.3 is 0 Å². The molecule has 2 rings (SSSR count). The van der Waals surface area contributed by atoms with Crippen LogP contribution in [0.4, 0.5) is 10.1 Å². The van der Waals surface area contributed by atoms with Crippen molar-refractivity contribution < 1.29 is 13.7 Å². The molecule has 0 atom stereocenters. The highest BCUT2D eigenvalue weighted by atomic mass is 32.1. The van der Waals surface area contributed by atoms with Gasteiger partial charge < -0.3 is 10.2 Å². The molecule has 0 radical (unpaired) electrons. The summed E-state index contributed by atoms with van der Waals surface area (Å²) in [6.45, 7) is 0. The summed E-state index contributed by atoms with van der Waals surface area (Å²) in [5.41, 5.74) is 7.32. The van der Waals surface area contributed by atoms with Crippen molar-refractivity contribution in [3.63, 3.8) is 0 Å². The highest BCUT2D eigenvalue weighted by molar-refractivity contribution is 7.80. The monoisotopic (exact) mass is 308 g/mol. The maximum atomic E-state index is 13.1. The lowest BCUT2D eigenvalue weighted by atomic mass is 10.1. The second-order valence-electron chi connectivity index (χ2n) is 3.85. The number of benzene rings is 1. The molecule has 1 aromatic carbocycles. The van der Waals surface area contributed by atoms with Crippen molar-refractivity contribution in [3.8, 4) is 11.3 Å². The van der Waals surface area contributed by atoms with Crippen LogP contribution < -0.4 is 11.2 Å². The van der Waals surface area contributed by atoms with Gasteiger partial charge in [-0.2, -0.15) is 5.10 Å². The van der Waals surface area contributed by atoms with E-state index in [0.717, 1.165) is 12.1 Å². The average molecular weight is 308 g/mol. The zero-order valence-electron chi connectivity index (χ0n) is 10.4. The van der Waals surface area contributed by atoms with Crippen LogP contribution in [-0.2, 0) is 0 Å². The molecule has 0 saturated carbocycles. The van der Waals surface area contributed by atoms with Gasteiger partial charge in [-0.05, 0) is 36.5 Å². The second-order valence-corrected chi connectivity index (χ2v) is 4.29. The molecule has 2 aromatic rings. The lowest BCUT2D eigenvalue weighted by Crippen LogP contribution is -2.23. The molecule has 108 valence electrons. The number of rotatable bonds is 4. The number of halogens is 1. The summed E-state index contributed by atoms with van der Waals surface area (Å²) in [6, 6.07) is 6.29. The van der Waals surface area contributed by atoms with Crippen LogP contribution in [0, 0.1) is 15.9 Å². The van der Waals surface area contributed by atoms with E-state index in [4.69, 9.17) is 10.2 Å². The van der Waals surface area contributed by atoms with Gasteiger partial charge in [0.05, 0.1) is 22.8 Å². The minimum Gasteiger partial charge on any atom is -0.455 e. The molecule has 0 unspecified atom stereocenters. The summed E-state index contributed by atoms with van der Waals surface area (Å²) in [7, 11) is 0. The Kier molecular flexibility index (Phi) is 4.24. The molecule has 0 aliphatic rings. The van der Waals surface area contributed by atoms with Crippen molar-refractivity contribution in [2.24, 2.45) is 10.8 Å². The molecule has 1 heterocycles. The zero-order chi connectivity index (χ0) is 15.4. The lowest BCUT2D eigenvalue weighted by molar-refractivity contribution is -0.384. The average Bonchev–Trinajstić information content (AvgIpc) is 2.86. The fourth-order valence-corrected chi connectivity index (χ4v) is 1.64. The third kappa shape index (κ3) is 3.60. The van der Waals surface area contributed by atoms with E-state index in [2.05, 4.69) is 22.7 Å². The van der Waals surface area contributed by atoms with E-state index in [1.165, 1.54) is 18.3 Å². The number of furan rings is 1. The number of thiocarbonyl (C=S) groups is 1. The van der Waals surface area contributed by atoms with Gasteiger partial charge in [0.1, 0.15) is 17.3 Å². The smallest absolute Gasteiger partial charge is 0.283 e. The van der Waals surface area contributed by atoms with Crippen LogP contribution in [-0.4, -0.2) is 16.3 Å². The van der Waals surface area contributed by atoms with Crippen molar-refractivity contribution >= 4 is 29.2 Å². The van der Waals surface area contributed by atoms with E-state index in [1.54, 1.807) is 6.07 Å². The lowest BCUT2D eigenvalue weighted by Gasteiger charge is -1.99. The first-order valence-electron chi connectivity index (χ1n) is 5.60. The van der Waals surface area contributed by atoms with Gasteiger partial charge in [-0.1, -0.05) is 0 Å². The third-order valence-electron chi connectivity index (χ3n) is 2.42. The number of nitrogens with two attached hydrogens (primary N) is 1. The Morgan fingerprint density at radius 3 is 2.90 bits per heavy atom. The van der Waals surface area contributed by atoms with Gasteiger partial charge in [0, 0.05) is 0 Å². The molecule has 0 amide bonds. The molecule has 0 bridgehead atoms. The number of nitro benzene ring substituents is 1. The summed E-state index contributed by atoms with van der Waals surface area (Å²) >= 11 is 4.56. The van der Waals surface area contributed by atoms with Gasteiger partial charge in [0.25, 0.3) is 5.69 Å². The number of nitro groups is 1. The van der Waals surface area contributed by atoms with E-state index in [1.807, 2.05) is 0 Å². The highest BCUT2D eigenvalue weighted by Crippen LogP contribution is 2.31. The fourth-order valence-electron chi connectivity index (χ4n) is 1.59. The van der Waals surface area contributed by atoms with Crippen LogP contribution in [0.3, 0.4) is 0 Å². The van der Waals surface area contributed by atoms with Crippen LogP contribution >= 0.6 is 12.2 Å². The molecular formula is C12H9FN4O3S. The predicted molar refractivity (Wildman–Crippen MR) is 78.3 cm³/mol. The van der Waals surface area contributed by atoms with Crippen LogP contribution in [0.2, 0.25) is 0 Å². The minimum absolute atomic E-state index is 0.00722. The fraction of sp³-hybridized carbons (Fsp3) is 0. The van der Waals surface area contributed by atoms with Gasteiger partial charge in [-0.3, -0.25) is 15.5 Å². The molecule has 0 saturated heterocycles. The predicted octanol–water partition coefficient (Wildman–Crippen LogP) is 2.16. The van der Waals surface area contributed by atoms with Crippen LogP contribution in [0.15, 0.2) is 39.9 Å². The Labute approximate surface area is 123 Å². The standard InChI is InChI=1S/C12H9FN4O3S/c13-7-1-3-9(10(5-7)17(18)19)11-4-2-8(20-11)6-15-16-12(14)21/h1-6H,(H3,14,16,21). The van der Waals surface area contributed by atoms with E-state index in [0.29, 0.717) is 5.76 Å². The SMILES string of the molecule is NC(=S)NN=Cc1ccc(-c2ccc(F)cc2[N+](=O)[O-])o1. The molecule has 3 N–H and O–H groups in total. The quantitative estimate of drug-likeness (QED) is 0.388. The van der Waals surface area contributed by atoms with Crippen molar-refractivity contribution in [2.75, 3.05) is 0 Å². The molecule has 7 nitrogen and oxygen atoms in total. The molecule has 1 aromatic heterocycles. The maximum Gasteiger partial charge on any atom is 0.283 e. The van der Waals surface area contributed by atoms with Crippen LogP contribution in [0.5, 0.6) is 0 Å². The second kappa shape index (κ2) is 6.09. The Morgan fingerprint density at radius 2 is 2.24 bits per heavy atom. The maximum absolute atomic E-state index is 13.1. The molecular weight excluding hydrogens is 299 g/mol. The zero-order valence-corrected chi connectivity index (χ0v) is 11.3. The largest absolute Gasteiger partial charge is 0.455 e. The van der Waals surface area contributed by atoms with E-state index < -0.39 is 10.7 Å². The van der Waals surface area contributed by atoms with Gasteiger partial charge in [-0.25, -0.2) is 4.39 Å². The Hall–Kier alpha value is -2.81. The van der Waals surface area contributed by atoms with E-state index in [-0.39, 0.29) is 22.1 Å². The molecule has 9 heteroatoms. The number of nitrogens with zero attached hydrogens (tertiary/aromatic N) is 2. The molecule has 0 aliphatic heterocycles. The Balaban J connectivity index is 2.31. The number of hydrogen-bond acceptors (Lipinski definition) is 5. The Morgan fingerprint density at radius 1 is 1.48 bits per heavy atom. The summed E-state index contributed by atoms with van der Waals surface area (Å²) < 4.78 is 18.5. The van der Waals surface area contributed by atoms with E-state index in [9.17, 15) is 14.5 Å². The summed E-state index contributed by atoms with van der Waals surface area (Å²) in [6.07, 6.45) is 1.30. The highest BCUT2D eigenvalue weighted by Gasteiger charge is 2.18. The summed E-state index contributed by atoms with van der Waals surface area (Å²) in [5, 5.41) is 14.6. The van der Waals surface area contributed by atoms with Crippen LogP contribution in [0.25, 0.3) is 11.3 Å². The first-order valence-corrected chi connectivity index (χ1v) is 6.01. The molecule has 0 fully saturated rings. The minimum atomic E-state index is -0.695. The molecule has 0 spiro atoms. The summed E-state index contributed by atoms with van der Waals surface area (Å²) in [5.74, 6) is -0.148. The number of nitrogens with one attached hydrogen (secondary N) is 1. The van der Waals surface area contributed by atoms with Crippen molar-refractivity contribution in [1.82, 2.24) is 5.43 Å². The van der Waals surface area contributed by atoms with Crippen molar-refractivity contribution in [3.05, 3.63) is 52.0 Å². The van der Waals surface area contributed by atoms with Gasteiger partial charge in [0.15, 0.2) is 5.11 Å². The number of hydrazone groups is 1. The molecule has 21 heavy (non-hydrogen) atoms. The van der Waals surface area contributed by atoms with Crippen LogP contribution in [0.1, 0.15) is 5.76 Å². The third-order valence-corrected chi connectivity index (χ3v) is 2.51. The van der Waals surface area contributed by atoms with Crippen molar-refractivity contribution in [1.29, 1.82) is 0 Å². The first kappa shape index (κ1) is 14.6. The Bertz CT molecular complexity index is 729. The van der Waals surface area contributed by atoms with Gasteiger partial charge in [-0.15, -0.1) is 0 Å².